The number of carbonyl (C=O) groups is 1. The van der Waals surface area contributed by atoms with E-state index in [0.717, 1.165) is 29.7 Å². The maximum absolute atomic E-state index is 12.3. The highest BCUT2D eigenvalue weighted by Gasteiger charge is 2.25. The van der Waals surface area contributed by atoms with Crippen molar-refractivity contribution < 1.29 is 9.90 Å². The fraction of sp³-hybridized carbons (Fsp3) is 0.188. The predicted molar refractivity (Wildman–Crippen MR) is 82.5 cm³/mol. The van der Waals surface area contributed by atoms with Crippen LogP contribution in [0.2, 0.25) is 5.02 Å². The number of carbonyl (C=O) groups excluding carboxylic acids is 1. The molecule has 1 atom stereocenters. The Kier molecular flexibility index (Phi) is 3.47. The Morgan fingerprint density at radius 1 is 1.29 bits per heavy atom. The van der Waals surface area contributed by atoms with Crippen molar-refractivity contribution >= 4 is 23.2 Å². The van der Waals surface area contributed by atoms with Gasteiger partial charge in [-0.1, -0.05) is 17.7 Å². The van der Waals surface area contributed by atoms with E-state index in [1.165, 1.54) is 12.1 Å². The van der Waals surface area contributed by atoms with Crippen LogP contribution >= 0.6 is 11.6 Å². The van der Waals surface area contributed by atoms with E-state index in [4.69, 9.17) is 17.3 Å². The minimum absolute atomic E-state index is 0.0634. The number of nitrogen functional groups attached to an aromatic ring is 1. The number of rotatable bonds is 2. The number of anilines is 1. The van der Waals surface area contributed by atoms with Gasteiger partial charge in [-0.3, -0.25) is 4.79 Å². The van der Waals surface area contributed by atoms with Crippen molar-refractivity contribution in [2.75, 3.05) is 5.73 Å². The Balaban J connectivity index is 1.82. The topological polar surface area (TPSA) is 75.3 Å². The zero-order valence-corrected chi connectivity index (χ0v) is 12.0. The number of hydrogen-bond acceptors (Lipinski definition) is 3. The van der Waals surface area contributed by atoms with Gasteiger partial charge >= 0.3 is 0 Å². The molecule has 4 nitrogen and oxygen atoms in total. The molecular formula is C16H15ClN2O2. The lowest BCUT2D eigenvalue weighted by atomic mass is 10.1. The molecule has 0 heterocycles. The van der Waals surface area contributed by atoms with E-state index in [1.807, 2.05) is 18.2 Å². The molecule has 4 N–H and O–H groups in total. The standard InChI is InChI=1S/C16H15ClN2O2/c17-10-2-6-15(20)13(8-10)16(21)19-14-5-1-9-7-11(18)3-4-12(9)14/h2-4,6-8,14,20H,1,5,18H2,(H,19,21). The molecule has 0 saturated carbocycles. The molecule has 1 aliphatic rings. The first-order valence-electron chi connectivity index (χ1n) is 6.72. The number of nitrogens with two attached hydrogens (primary N) is 1. The Bertz CT molecular complexity index is 715. The van der Waals surface area contributed by atoms with Crippen LogP contribution in [0.25, 0.3) is 0 Å². The van der Waals surface area contributed by atoms with Gasteiger partial charge in [-0.05, 0) is 54.3 Å². The summed E-state index contributed by atoms with van der Waals surface area (Å²) in [4.78, 5) is 12.3. The van der Waals surface area contributed by atoms with E-state index in [-0.39, 0.29) is 23.3 Å². The van der Waals surface area contributed by atoms with Crippen LogP contribution in [0.4, 0.5) is 5.69 Å². The molecule has 5 heteroatoms. The number of phenols is 1. The van der Waals surface area contributed by atoms with Gasteiger partial charge in [0.1, 0.15) is 5.75 Å². The number of hydrogen-bond donors (Lipinski definition) is 3. The van der Waals surface area contributed by atoms with Gasteiger partial charge in [0.25, 0.3) is 5.91 Å². The van der Waals surface area contributed by atoms with Gasteiger partial charge in [0, 0.05) is 10.7 Å². The van der Waals surface area contributed by atoms with Crippen molar-refractivity contribution in [1.82, 2.24) is 5.32 Å². The van der Waals surface area contributed by atoms with E-state index in [0.29, 0.717) is 5.02 Å². The lowest BCUT2D eigenvalue weighted by Gasteiger charge is -2.15. The number of benzene rings is 2. The summed E-state index contributed by atoms with van der Waals surface area (Å²) in [5.74, 6) is -0.405. The van der Waals surface area contributed by atoms with Crippen LogP contribution < -0.4 is 11.1 Å². The van der Waals surface area contributed by atoms with Crippen LogP contribution in [-0.2, 0) is 6.42 Å². The molecule has 1 amide bonds. The molecule has 108 valence electrons. The minimum Gasteiger partial charge on any atom is -0.507 e. The number of aromatic hydroxyl groups is 1. The first-order chi connectivity index (χ1) is 10.0. The molecular weight excluding hydrogens is 288 g/mol. The summed E-state index contributed by atoms with van der Waals surface area (Å²) in [5.41, 5.74) is 8.93. The van der Waals surface area contributed by atoms with Gasteiger partial charge in [-0.15, -0.1) is 0 Å². The highest BCUT2D eigenvalue weighted by atomic mass is 35.5. The van der Waals surface area contributed by atoms with Crippen molar-refractivity contribution in [3.8, 4) is 5.75 Å². The second-order valence-electron chi connectivity index (χ2n) is 5.18. The second-order valence-corrected chi connectivity index (χ2v) is 5.62. The molecule has 2 aromatic carbocycles. The highest BCUT2D eigenvalue weighted by molar-refractivity contribution is 6.31. The first kappa shape index (κ1) is 13.8. The van der Waals surface area contributed by atoms with Gasteiger partial charge in [-0.2, -0.15) is 0 Å². The first-order valence-corrected chi connectivity index (χ1v) is 7.10. The van der Waals surface area contributed by atoms with Gasteiger partial charge in [-0.25, -0.2) is 0 Å². The summed E-state index contributed by atoms with van der Waals surface area (Å²) < 4.78 is 0. The second kappa shape index (κ2) is 5.30. The molecule has 0 bridgehead atoms. The van der Waals surface area contributed by atoms with E-state index in [2.05, 4.69) is 5.32 Å². The molecule has 0 saturated heterocycles. The normalized spacial score (nSPS) is 16.5. The average molecular weight is 303 g/mol. The maximum atomic E-state index is 12.3. The lowest BCUT2D eigenvalue weighted by Crippen LogP contribution is -2.27. The lowest BCUT2D eigenvalue weighted by molar-refractivity contribution is 0.0934. The Labute approximate surface area is 127 Å². The Morgan fingerprint density at radius 2 is 2.10 bits per heavy atom. The molecule has 0 aliphatic heterocycles. The molecule has 1 unspecified atom stereocenters. The average Bonchev–Trinajstić information content (AvgIpc) is 2.83. The van der Waals surface area contributed by atoms with E-state index < -0.39 is 0 Å². The van der Waals surface area contributed by atoms with Crippen LogP contribution in [0.3, 0.4) is 0 Å². The van der Waals surface area contributed by atoms with E-state index in [1.54, 1.807) is 6.07 Å². The fourth-order valence-corrected chi connectivity index (χ4v) is 2.89. The predicted octanol–water partition coefficient (Wildman–Crippen LogP) is 3.05. The van der Waals surface area contributed by atoms with Crippen molar-refractivity contribution in [2.45, 2.75) is 18.9 Å². The summed E-state index contributed by atoms with van der Waals surface area (Å²) in [7, 11) is 0. The number of halogens is 1. The number of aryl methyl sites for hydroxylation is 1. The Morgan fingerprint density at radius 3 is 2.90 bits per heavy atom. The third kappa shape index (κ3) is 2.67. The smallest absolute Gasteiger partial charge is 0.255 e. The van der Waals surface area contributed by atoms with Gasteiger partial charge < -0.3 is 16.2 Å². The molecule has 0 aromatic heterocycles. The monoisotopic (exact) mass is 302 g/mol. The summed E-state index contributed by atoms with van der Waals surface area (Å²) in [5, 5.41) is 13.1. The van der Waals surface area contributed by atoms with E-state index >= 15 is 0 Å². The van der Waals surface area contributed by atoms with Gasteiger partial charge in [0.2, 0.25) is 0 Å². The number of fused-ring (bicyclic) bond motifs is 1. The zero-order chi connectivity index (χ0) is 15.0. The SMILES string of the molecule is Nc1ccc2c(c1)CCC2NC(=O)c1cc(Cl)ccc1O. The van der Waals surface area contributed by atoms with Crippen molar-refractivity contribution in [2.24, 2.45) is 0 Å². The van der Waals surface area contributed by atoms with Crippen LogP contribution in [0.5, 0.6) is 5.75 Å². The van der Waals surface area contributed by atoms with Crippen LogP contribution in [0.15, 0.2) is 36.4 Å². The van der Waals surface area contributed by atoms with E-state index in [9.17, 15) is 9.90 Å². The molecule has 0 fully saturated rings. The van der Waals surface area contributed by atoms with Crippen LogP contribution in [0, 0.1) is 0 Å². The molecule has 2 aromatic rings. The van der Waals surface area contributed by atoms with Gasteiger partial charge in [0.05, 0.1) is 11.6 Å². The maximum Gasteiger partial charge on any atom is 0.255 e. The minimum atomic E-state index is -0.329. The van der Waals surface area contributed by atoms with Crippen molar-refractivity contribution in [3.05, 3.63) is 58.1 Å². The molecule has 0 spiro atoms. The molecule has 1 aliphatic carbocycles. The highest BCUT2D eigenvalue weighted by Crippen LogP contribution is 2.33. The summed E-state index contributed by atoms with van der Waals surface area (Å²) >= 11 is 5.87. The summed E-state index contributed by atoms with van der Waals surface area (Å²) in [6, 6.07) is 10.1. The fourth-order valence-electron chi connectivity index (χ4n) is 2.71. The molecule has 21 heavy (non-hydrogen) atoms. The zero-order valence-electron chi connectivity index (χ0n) is 11.3. The number of amides is 1. The Hall–Kier alpha value is -2.20. The molecule has 0 radical (unpaired) electrons. The summed E-state index contributed by atoms with van der Waals surface area (Å²) in [6.07, 6.45) is 1.71. The van der Waals surface area contributed by atoms with Crippen molar-refractivity contribution in [3.63, 3.8) is 0 Å². The van der Waals surface area contributed by atoms with Crippen molar-refractivity contribution in [1.29, 1.82) is 0 Å². The third-order valence-electron chi connectivity index (χ3n) is 3.75. The number of phenolic OH excluding ortho intramolecular Hbond substituents is 1. The quantitative estimate of drug-likeness (QED) is 0.746. The largest absolute Gasteiger partial charge is 0.507 e. The van der Waals surface area contributed by atoms with Gasteiger partial charge in [0.15, 0.2) is 0 Å². The van der Waals surface area contributed by atoms with Crippen LogP contribution in [-0.4, -0.2) is 11.0 Å². The number of nitrogens with one attached hydrogen (secondary N) is 1. The summed E-state index contributed by atoms with van der Waals surface area (Å²) in [6.45, 7) is 0. The molecule has 3 rings (SSSR count). The van der Waals surface area contributed by atoms with Crippen LogP contribution in [0.1, 0.15) is 33.9 Å². The third-order valence-corrected chi connectivity index (χ3v) is 3.99.